The number of nitrogens with one attached hydrogen (secondary N) is 1. The van der Waals surface area contributed by atoms with Gasteiger partial charge in [-0.05, 0) is 37.6 Å². The summed E-state index contributed by atoms with van der Waals surface area (Å²) in [6.45, 7) is 3.00. The lowest BCUT2D eigenvalue weighted by Gasteiger charge is -2.11. The van der Waals surface area contributed by atoms with E-state index in [0.29, 0.717) is 5.69 Å². The molecule has 0 unspecified atom stereocenters. The lowest BCUT2D eigenvalue weighted by Crippen LogP contribution is -2.32. The Morgan fingerprint density at radius 3 is 2.52 bits per heavy atom. The highest BCUT2D eigenvalue weighted by molar-refractivity contribution is 6.10. The third-order valence-corrected chi connectivity index (χ3v) is 3.70. The van der Waals surface area contributed by atoms with Gasteiger partial charge < -0.3 is 10.1 Å². The molecular weight excluding hydrogens is 352 g/mol. The number of hydrogen-bond donors (Lipinski definition) is 1. The fourth-order valence-corrected chi connectivity index (χ4v) is 2.21. The highest BCUT2D eigenvalue weighted by Crippen LogP contribution is 2.31. The van der Waals surface area contributed by atoms with E-state index in [1.807, 2.05) is 6.07 Å². The van der Waals surface area contributed by atoms with Gasteiger partial charge in [-0.2, -0.15) is 5.11 Å². The number of aryl methyl sites for hydroxylation is 1. The zero-order valence-electron chi connectivity index (χ0n) is 15.0. The number of hydrogen-bond acceptors (Lipinski definition) is 7. The van der Waals surface area contributed by atoms with Crippen LogP contribution in [-0.4, -0.2) is 29.8 Å². The zero-order chi connectivity index (χ0) is 20.0. The Morgan fingerprint density at radius 1 is 1.22 bits per heavy atom. The summed E-state index contributed by atoms with van der Waals surface area (Å²) in [6, 6.07) is 9.62. The minimum atomic E-state index is -1.42. The van der Waals surface area contributed by atoms with Crippen molar-refractivity contribution in [2.45, 2.75) is 19.9 Å². The van der Waals surface area contributed by atoms with Crippen LogP contribution in [0.15, 0.2) is 52.7 Å². The number of ether oxygens (including phenoxy) is 1. The maximum atomic E-state index is 12.4. The number of nitrogens with zero attached hydrogens (tertiary/aromatic N) is 3. The third kappa shape index (κ3) is 4.94. The smallest absolute Gasteiger partial charge is 0.300 e. The molecule has 0 aromatic heterocycles. The molecule has 0 aliphatic carbocycles. The van der Waals surface area contributed by atoms with E-state index in [-0.39, 0.29) is 17.1 Å². The Hall–Kier alpha value is -3.62. The number of nitro benzene ring substituents is 1. The van der Waals surface area contributed by atoms with Crippen LogP contribution in [0.1, 0.15) is 12.5 Å². The minimum absolute atomic E-state index is 0.0873. The molecule has 2 aromatic rings. The van der Waals surface area contributed by atoms with Crippen molar-refractivity contribution in [3.63, 3.8) is 0 Å². The number of carbonyl (C=O) groups excluding carboxylic acids is 2. The van der Waals surface area contributed by atoms with Crippen molar-refractivity contribution >= 4 is 28.8 Å². The molecule has 140 valence electrons. The topological polar surface area (TPSA) is 123 Å². The second-order valence-corrected chi connectivity index (χ2v) is 5.64. The molecule has 1 atom stereocenters. The van der Waals surface area contributed by atoms with Gasteiger partial charge in [0.05, 0.1) is 18.1 Å². The summed E-state index contributed by atoms with van der Waals surface area (Å²) in [5.41, 5.74) is 0.922. The van der Waals surface area contributed by atoms with Crippen molar-refractivity contribution < 1.29 is 19.2 Å². The van der Waals surface area contributed by atoms with E-state index in [1.54, 1.807) is 25.1 Å². The van der Waals surface area contributed by atoms with Crippen LogP contribution < -0.4 is 10.1 Å². The van der Waals surface area contributed by atoms with E-state index in [2.05, 4.69) is 15.5 Å². The predicted octanol–water partition coefficient (Wildman–Crippen LogP) is 3.59. The van der Waals surface area contributed by atoms with Crippen LogP contribution in [-0.2, 0) is 9.59 Å². The Bertz CT molecular complexity index is 910. The average Bonchev–Trinajstić information content (AvgIpc) is 2.63. The van der Waals surface area contributed by atoms with Crippen LogP contribution in [0, 0.1) is 17.0 Å². The molecule has 1 amide bonds. The van der Waals surface area contributed by atoms with Gasteiger partial charge in [0.1, 0.15) is 5.75 Å². The Labute approximate surface area is 155 Å². The monoisotopic (exact) mass is 370 g/mol. The Kier molecular flexibility index (Phi) is 6.32. The molecule has 2 rings (SSSR count). The number of ketones is 1. The molecule has 0 fully saturated rings. The van der Waals surface area contributed by atoms with Gasteiger partial charge in [0.2, 0.25) is 6.04 Å². The van der Waals surface area contributed by atoms with Crippen LogP contribution in [0.2, 0.25) is 0 Å². The van der Waals surface area contributed by atoms with Crippen molar-refractivity contribution in [1.29, 1.82) is 0 Å². The van der Waals surface area contributed by atoms with Gasteiger partial charge in [-0.15, -0.1) is 5.11 Å². The van der Waals surface area contributed by atoms with Crippen LogP contribution in [0.3, 0.4) is 0 Å². The number of amides is 1. The summed E-state index contributed by atoms with van der Waals surface area (Å²) in [6.07, 6.45) is 0. The summed E-state index contributed by atoms with van der Waals surface area (Å²) in [7, 11) is 1.38. The second-order valence-electron chi connectivity index (χ2n) is 5.64. The summed E-state index contributed by atoms with van der Waals surface area (Å²) >= 11 is 0. The SMILES string of the molecule is COc1ccc(N=N[C@@H](C(C)=O)C(=O)Nc2ccccc2C)c([N+](=O)[O-])c1. The fraction of sp³-hybridized carbons (Fsp3) is 0.222. The van der Waals surface area contributed by atoms with Crippen LogP contribution in [0.25, 0.3) is 0 Å². The van der Waals surface area contributed by atoms with Gasteiger partial charge in [-0.1, -0.05) is 18.2 Å². The highest BCUT2D eigenvalue weighted by atomic mass is 16.6. The van der Waals surface area contributed by atoms with Crippen molar-refractivity contribution in [3.8, 4) is 5.75 Å². The normalized spacial score (nSPS) is 11.8. The predicted molar refractivity (Wildman–Crippen MR) is 98.4 cm³/mol. The quantitative estimate of drug-likeness (QED) is 0.345. The molecule has 9 nitrogen and oxygen atoms in total. The number of para-hydroxylation sites is 1. The van der Waals surface area contributed by atoms with E-state index >= 15 is 0 Å². The molecule has 0 radical (unpaired) electrons. The van der Waals surface area contributed by atoms with Crippen molar-refractivity contribution in [2.24, 2.45) is 10.2 Å². The fourth-order valence-electron chi connectivity index (χ4n) is 2.21. The summed E-state index contributed by atoms with van der Waals surface area (Å²) in [4.78, 5) is 34.8. The maximum absolute atomic E-state index is 12.4. The molecular formula is C18H18N4O5. The number of anilines is 1. The first kappa shape index (κ1) is 19.7. The highest BCUT2D eigenvalue weighted by Gasteiger charge is 2.24. The largest absolute Gasteiger partial charge is 0.496 e. The Morgan fingerprint density at radius 2 is 1.93 bits per heavy atom. The lowest BCUT2D eigenvalue weighted by atomic mass is 10.1. The van der Waals surface area contributed by atoms with E-state index in [0.717, 1.165) is 5.56 Å². The first-order chi connectivity index (χ1) is 12.8. The molecule has 0 heterocycles. The maximum Gasteiger partial charge on any atom is 0.300 e. The van der Waals surface area contributed by atoms with Gasteiger partial charge in [-0.3, -0.25) is 19.7 Å². The molecule has 0 aliphatic rings. The van der Waals surface area contributed by atoms with E-state index in [4.69, 9.17) is 4.74 Å². The van der Waals surface area contributed by atoms with Crippen LogP contribution in [0.5, 0.6) is 5.75 Å². The third-order valence-electron chi connectivity index (χ3n) is 3.70. The molecule has 0 spiro atoms. The number of nitro groups is 1. The average molecular weight is 370 g/mol. The van der Waals surface area contributed by atoms with Crippen molar-refractivity contribution in [3.05, 3.63) is 58.1 Å². The van der Waals surface area contributed by atoms with Crippen molar-refractivity contribution in [1.82, 2.24) is 0 Å². The molecule has 0 saturated carbocycles. The number of benzene rings is 2. The molecule has 27 heavy (non-hydrogen) atoms. The lowest BCUT2D eigenvalue weighted by molar-refractivity contribution is -0.384. The number of Topliss-reactive ketones (excluding diaryl/α,β-unsaturated/α-hetero) is 1. The Balaban J connectivity index is 2.28. The molecule has 1 N–H and O–H groups in total. The van der Waals surface area contributed by atoms with Crippen LogP contribution >= 0.6 is 0 Å². The summed E-state index contributed by atoms with van der Waals surface area (Å²) < 4.78 is 4.94. The molecule has 9 heteroatoms. The number of rotatable bonds is 7. The summed E-state index contributed by atoms with van der Waals surface area (Å²) in [5, 5.41) is 21.3. The number of methoxy groups -OCH3 is 1. The molecule has 0 saturated heterocycles. The standard InChI is InChI=1S/C18H18N4O5/c1-11-6-4-5-7-14(11)19-18(24)17(12(2)23)21-20-15-9-8-13(27-3)10-16(15)22(25)26/h4-10,17H,1-3H3,(H,19,24)/t17-/m0/s1. The van der Waals surface area contributed by atoms with Gasteiger partial charge in [0.25, 0.3) is 11.6 Å². The molecule has 2 aromatic carbocycles. The second kappa shape index (κ2) is 8.65. The molecule has 0 aliphatic heterocycles. The van der Waals surface area contributed by atoms with Crippen molar-refractivity contribution in [2.75, 3.05) is 12.4 Å². The van der Waals surface area contributed by atoms with E-state index in [9.17, 15) is 19.7 Å². The molecule has 0 bridgehead atoms. The van der Waals surface area contributed by atoms with Gasteiger partial charge in [-0.25, -0.2) is 0 Å². The van der Waals surface area contributed by atoms with E-state index in [1.165, 1.54) is 32.2 Å². The number of azo groups is 1. The summed E-state index contributed by atoms with van der Waals surface area (Å²) in [5.74, 6) is -0.932. The zero-order valence-corrected chi connectivity index (χ0v) is 15.0. The van der Waals surface area contributed by atoms with Crippen LogP contribution in [0.4, 0.5) is 17.1 Å². The van der Waals surface area contributed by atoms with Gasteiger partial charge >= 0.3 is 0 Å². The minimum Gasteiger partial charge on any atom is -0.496 e. The van der Waals surface area contributed by atoms with E-state index < -0.39 is 22.7 Å². The van der Waals surface area contributed by atoms with Gasteiger partial charge in [0, 0.05) is 5.69 Å². The first-order valence-electron chi connectivity index (χ1n) is 7.93. The van der Waals surface area contributed by atoms with Gasteiger partial charge in [0.15, 0.2) is 11.5 Å². The number of carbonyl (C=O) groups is 2. The first-order valence-corrected chi connectivity index (χ1v) is 7.93.